The predicted molar refractivity (Wildman–Crippen MR) is 121 cm³/mol. The van der Waals surface area contributed by atoms with E-state index in [1.54, 1.807) is 25.1 Å². The zero-order valence-electron chi connectivity index (χ0n) is 18.2. The first-order chi connectivity index (χ1) is 15.7. The van der Waals surface area contributed by atoms with Gasteiger partial charge in [0.2, 0.25) is 0 Å². The summed E-state index contributed by atoms with van der Waals surface area (Å²) < 4.78 is 19.4. The van der Waals surface area contributed by atoms with Crippen LogP contribution in [0.15, 0.2) is 36.4 Å². The summed E-state index contributed by atoms with van der Waals surface area (Å²) in [5, 5.41) is 14.4. The molecule has 2 aromatic rings. The summed E-state index contributed by atoms with van der Waals surface area (Å²) in [5.74, 6) is -1.82. The first kappa shape index (κ1) is 24.5. The Morgan fingerprint density at radius 2 is 1.70 bits per heavy atom. The zero-order valence-corrected chi connectivity index (χ0v) is 19.0. The van der Waals surface area contributed by atoms with Crippen LogP contribution < -0.4 is 15.4 Å². The van der Waals surface area contributed by atoms with Crippen LogP contribution >= 0.6 is 11.6 Å². The highest BCUT2D eigenvalue weighted by molar-refractivity contribution is 6.30. The fraction of sp³-hybridized carbons (Fsp3) is 0.375. The molecule has 3 N–H and O–H groups in total. The third-order valence-electron chi connectivity index (χ3n) is 5.65. The Hall–Kier alpha value is -3.13. The lowest BCUT2D eigenvalue weighted by atomic mass is 9.87. The number of aliphatic carboxylic acids is 1. The van der Waals surface area contributed by atoms with Crippen LogP contribution in [0.1, 0.15) is 52.0 Å². The van der Waals surface area contributed by atoms with Gasteiger partial charge in [-0.05, 0) is 74.6 Å². The number of halogens is 2. The van der Waals surface area contributed by atoms with Crippen LogP contribution in [0, 0.1) is 18.7 Å². The molecule has 1 aliphatic carbocycles. The van der Waals surface area contributed by atoms with Gasteiger partial charge in [-0.25, -0.2) is 4.39 Å². The SMILES string of the molecule is Cc1cc(OC2CCC(C(=O)O)CC2)ccc1C(=O)NCCNC(=O)c1ccc(Cl)c(F)c1. The molecule has 0 aromatic heterocycles. The Morgan fingerprint density at radius 3 is 2.30 bits per heavy atom. The molecule has 7 nitrogen and oxygen atoms in total. The molecule has 0 heterocycles. The molecule has 0 radical (unpaired) electrons. The zero-order chi connectivity index (χ0) is 24.0. The van der Waals surface area contributed by atoms with Gasteiger partial charge < -0.3 is 20.5 Å². The van der Waals surface area contributed by atoms with Gasteiger partial charge in [0.15, 0.2) is 0 Å². The summed E-state index contributed by atoms with van der Waals surface area (Å²) >= 11 is 5.61. The van der Waals surface area contributed by atoms with E-state index < -0.39 is 17.7 Å². The number of hydrogen-bond acceptors (Lipinski definition) is 4. The van der Waals surface area contributed by atoms with E-state index in [0.717, 1.165) is 11.6 Å². The van der Waals surface area contributed by atoms with Crippen molar-refractivity contribution in [3.05, 3.63) is 63.9 Å². The maximum Gasteiger partial charge on any atom is 0.306 e. The highest BCUT2D eigenvalue weighted by atomic mass is 35.5. The third kappa shape index (κ3) is 6.68. The quantitative estimate of drug-likeness (QED) is 0.500. The third-order valence-corrected chi connectivity index (χ3v) is 5.95. The summed E-state index contributed by atoms with van der Waals surface area (Å²) in [6.45, 7) is 2.18. The largest absolute Gasteiger partial charge is 0.490 e. The summed E-state index contributed by atoms with van der Waals surface area (Å²) in [7, 11) is 0. The van der Waals surface area contributed by atoms with Crippen molar-refractivity contribution in [2.45, 2.75) is 38.7 Å². The Morgan fingerprint density at radius 1 is 1.03 bits per heavy atom. The molecular formula is C24H26ClFN2O5. The van der Waals surface area contributed by atoms with Gasteiger partial charge >= 0.3 is 5.97 Å². The van der Waals surface area contributed by atoms with Gasteiger partial charge in [-0.2, -0.15) is 0 Å². The van der Waals surface area contributed by atoms with Crippen LogP contribution in [0.5, 0.6) is 5.75 Å². The second-order valence-corrected chi connectivity index (χ2v) is 8.45. The summed E-state index contributed by atoms with van der Waals surface area (Å²) in [6, 6.07) is 8.98. The molecular weight excluding hydrogens is 451 g/mol. The van der Waals surface area contributed by atoms with Crippen molar-refractivity contribution in [3.8, 4) is 5.75 Å². The van der Waals surface area contributed by atoms with E-state index in [1.807, 2.05) is 0 Å². The van der Waals surface area contributed by atoms with Crippen LogP contribution in [0.4, 0.5) is 4.39 Å². The number of hydrogen-bond donors (Lipinski definition) is 3. The minimum atomic E-state index is -0.752. The Kier molecular flexibility index (Phi) is 8.27. The highest BCUT2D eigenvalue weighted by Crippen LogP contribution is 2.28. The molecule has 1 saturated carbocycles. The Bertz CT molecular complexity index is 1040. The van der Waals surface area contributed by atoms with Crippen molar-refractivity contribution in [1.82, 2.24) is 10.6 Å². The molecule has 2 aromatic carbocycles. The van der Waals surface area contributed by atoms with E-state index in [2.05, 4.69) is 10.6 Å². The molecule has 2 amide bonds. The number of aryl methyl sites for hydroxylation is 1. The van der Waals surface area contributed by atoms with Gasteiger partial charge in [0.25, 0.3) is 11.8 Å². The summed E-state index contributed by atoms with van der Waals surface area (Å²) in [4.78, 5) is 35.6. The molecule has 1 fully saturated rings. The van der Waals surface area contributed by atoms with Gasteiger partial charge in [0.1, 0.15) is 11.6 Å². The van der Waals surface area contributed by atoms with E-state index >= 15 is 0 Å². The average Bonchev–Trinajstić information content (AvgIpc) is 2.78. The number of carboxylic acid groups (broad SMARTS) is 1. The first-order valence-corrected chi connectivity index (χ1v) is 11.1. The number of carboxylic acids is 1. The molecule has 33 heavy (non-hydrogen) atoms. The van der Waals surface area contributed by atoms with Gasteiger partial charge in [-0.3, -0.25) is 14.4 Å². The molecule has 0 unspecified atom stereocenters. The van der Waals surface area contributed by atoms with E-state index in [9.17, 15) is 18.8 Å². The van der Waals surface area contributed by atoms with Crippen LogP contribution in [-0.2, 0) is 4.79 Å². The van der Waals surface area contributed by atoms with Gasteiger partial charge in [-0.1, -0.05) is 11.6 Å². The van der Waals surface area contributed by atoms with E-state index in [4.69, 9.17) is 21.4 Å². The van der Waals surface area contributed by atoms with Crippen molar-refractivity contribution in [2.75, 3.05) is 13.1 Å². The number of carbonyl (C=O) groups is 3. The number of ether oxygens (including phenoxy) is 1. The number of nitrogens with one attached hydrogen (secondary N) is 2. The van der Waals surface area contributed by atoms with Crippen LogP contribution in [0.2, 0.25) is 5.02 Å². The van der Waals surface area contributed by atoms with Crippen molar-refractivity contribution in [2.24, 2.45) is 5.92 Å². The highest BCUT2D eigenvalue weighted by Gasteiger charge is 2.27. The lowest BCUT2D eigenvalue weighted by molar-refractivity contribution is -0.143. The second kappa shape index (κ2) is 11.1. The maximum atomic E-state index is 13.5. The molecule has 176 valence electrons. The van der Waals surface area contributed by atoms with E-state index in [-0.39, 0.29) is 41.6 Å². The minimum Gasteiger partial charge on any atom is -0.490 e. The number of rotatable bonds is 8. The minimum absolute atomic E-state index is 0.0302. The van der Waals surface area contributed by atoms with E-state index in [1.165, 1.54) is 12.1 Å². The Labute approximate surface area is 196 Å². The number of amides is 2. The van der Waals surface area contributed by atoms with Crippen LogP contribution in [0.25, 0.3) is 0 Å². The molecule has 0 bridgehead atoms. The molecule has 0 saturated heterocycles. The molecule has 3 rings (SSSR count). The first-order valence-electron chi connectivity index (χ1n) is 10.8. The molecule has 9 heteroatoms. The molecule has 0 atom stereocenters. The summed E-state index contributed by atoms with van der Waals surface area (Å²) in [5.41, 5.74) is 1.37. The molecule has 0 aliphatic heterocycles. The maximum absolute atomic E-state index is 13.5. The number of benzene rings is 2. The van der Waals surface area contributed by atoms with Crippen molar-refractivity contribution in [1.29, 1.82) is 0 Å². The van der Waals surface area contributed by atoms with Crippen LogP contribution in [-0.4, -0.2) is 42.1 Å². The summed E-state index contributed by atoms with van der Waals surface area (Å²) in [6.07, 6.45) is 2.54. The topological polar surface area (TPSA) is 105 Å². The van der Waals surface area contributed by atoms with Crippen molar-refractivity contribution >= 4 is 29.4 Å². The van der Waals surface area contributed by atoms with Gasteiger partial charge in [0.05, 0.1) is 17.0 Å². The average molecular weight is 477 g/mol. The monoisotopic (exact) mass is 476 g/mol. The van der Waals surface area contributed by atoms with Crippen LogP contribution in [0.3, 0.4) is 0 Å². The normalized spacial score (nSPS) is 17.8. The molecule has 0 spiro atoms. The van der Waals surface area contributed by atoms with Gasteiger partial charge in [0, 0.05) is 24.2 Å². The van der Waals surface area contributed by atoms with E-state index in [0.29, 0.717) is 37.0 Å². The fourth-order valence-corrected chi connectivity index (χ4v) is 3.89. The Balaban J connectivity index is 1.45. The lowest BCUT2D eigenvalue weighted by Gasteiger charge is -2.27. The lowest BCUT2D eigenvalue weighted by Crippen LogP contribution is -2.35. The smallest absolute Gasteiger partial charge is 0.306 e. The standard InChI is InChI=1S/C24H26ClFN2O5/c1-14-12-18(33-17-5-2-15(3-6-17)24(31)32)7-8-19(14)23(30)28-11-10-27-22(29)16-4-9-20(25)21(26)13-16/h4,7-9,12-13,15,17H,2-3,5-6,10-11H2,1H3,(H,27,29)(H,28,30)(H,31,32). The molecule has 1 aliphatic rings. The van der Waals surface area contributed by atoms with Crippen molar-refractivity contribution in [3.63, 3.8) is 0 Å². The second-order valence-electron chi connectivity index (χ2n) is 8.05. The van der Waals surface area contributed by atoms with Crippen molar-refractivity contribution < 1.29 is 28.6 Å². The fourth-order valence-electron chi connectivity index (χ4n) is 3.77. The predicted octanol–water partition coefficient (Wildman–Crippen LogP) is 3.97. The number of carbonyl (C=O) groups excluding carboxylic acids is 2. The van der Waals surface area contributed by atoms with Gasteiger partial charge in [-0.15, -0.1) is 0 Å².